The van der Waals surface area contributed by atoms with Crippen molar-refractivity contribution >= 4 is 17.5 Å². The molecule has 2 N–H and O–H groups in total. The van der Waals surface area contributed by atoms with E-state index in [1.54, 1.807) is 0 Å². The number of ether oxygens (including phenoxy) is 1. The summed E-state index contributed by atoms with van der Waals surface area (Å²) in [6.45, 7) is 6.71. The Kier molecular flexibility index (Phi) is 4.88. The maximum absolute atomic E-state index is 10.2. The molecule has 0 unspecified atom stereocenters. The average Bonchev–Trinajstić information content (AvgIpc) is 1.96. The molecule has 0 saturated heterocycles. The largest absolute Gasteiger partial charge is 0.484 e. The zero-order valence-corrected chi connectivity index (χ0v) is 7.30. The highest BCUT2D eigenvalue weighted by Gasteiger charge is 1.93. The standard InChI is InChI=1S/C8H10ClNO2/c1-6(9)3-4-7(2)12-5-8(10)11/h3-4H,1-2,5H2,(H2,10,11)/b4-3-. The van der Waals surface area contributed by atoms with Crippen molar-refractivity contribution in [2.24, 2.45) is 5.73 Å². The van der Waals surface area contributed by atoms with Gasteiger partial charge < -0.3 is 10.5 Å². The minimum absolute atomic E-state index is 0.183. The van der Waals surface area contributed by atoms with Gasteiger partial charge in [-0.2, -0.15) is 0 Å². The van der Waals surface area contributed by atoms with Crippen LogP contribution in [-0.4, -0.2) is 12.5 Å². The molecule has 0 atom stereocenters. The van der Waals surface area contributed by atoms with Crippen molar-refractivity contribution in [2.75, 3.05) is 6.61 Å². The summed E-state index contributed by atoms with van der Waals surface area (Å²) in [5, 5.41) is 0.360. The van der Waals surface area contributed by atoms with Crippen molar-refractivity contribution in [3.05, 3.63) is 36.1 Å². The fourth-order valence-corrected chi connectivity index (χ4v) is 0.458. The number of rotatable bonds is 5. The summed E-state index contributed by atoms with van der Waals surface area (Å²) in [5.41, 5.74) is 4.82. The molecule has 0 aliphatic heterocycles. The molecule has 0 aromatic heterocycles. The van der Waals surface area contributed by atoms with Crippen LogP contribution in [0.4, 0.5) is 0 Å². The first-order chi connectivity index (χ1) is 5.52. The Morgan fingerprint density at radius 2 is 2.08 bits per heavy atom. The van der Waals surface area contributed by atoms with Gasteiger partial charge >= 0.3 is 0 Å². The normalized spacial score (nSPS) is 9.75. The Labute approximate surface area is 76.1 Å². The lowest BCUT2D eigenvalue weighted by molar-refractivity contribution is -0.121. The molecule has 0 fully saturated rings. The Balaban J connectivity index is 3.75. The fourth-order valence-electron chi connectivity index (χ4n) is 0.395. The van der Waals surface area contributed by atoms with Gasteiger partial charge in [0.15, 0.2) is 6.61 Å². The number of primary amides is 1. The van der Waals surface area contributed by atoms with Crippen LogP contribution in [-0.2, 0) is 9.53 Å². The molecule has 1 amide bonds. The summed E-state index contributed by atoms with van der Waals surface area (Å²) in [6.07, 6.45) is 3.00. The molecule has 0 saturated carbocycles. The van der Waals surface area contributed by atoms with Crippen LogP contribution in [0.3, 0.4) is 0 Å². The molecule has 66 valence electrons. The maximum Gasteiger partial charge on any atom is 0.255 e. The van der Waals surface area contributed by atoms with Crippen LogP contribution in [0.1, 0.15) is 0 Å². The van der Waals surface area contributed by atoms with Gasteiger partial charge in [-0.1, -0.05) is 24.8 Å². The molecule has 0 rings (SSSR count). The lowest BCUT2D eigenvalue weighted by Gasteiger charge is -2.00. The van der Waals surface area contributed by atoms with E-state index in [2.05, 4.69) is 13.2 Å². The number of hydrogen-bond acceptors (Lipinski definition) is 2. The molecule has 3 nitrogen and oxygen atoms in total. The summed E-state index contributed by atoms with van der Waals surface area (Å²) in [4.78, 5) is 10.2. The van der Waals surface area contributed by atoms with Crippen molar-refractivity contribution in [1.29, 1.82) is 0 Å². The molecule has 0 heterocycles. The highest BCUT2D eigenvalue weighted by Crippen LogP contribution is 2.02. The molecule has 12 heavy (non-hydrogen) atoms. The topological polar surface area (TPSA) is 52.3 Å². The van der Waals surface area contributed by atoms with Gasteiger partial charge in [0.2, 0.25) is 0 Å². The molecule has 0 aliphatic carbocycles. The summed E-state index contributed by atoms with van der Waals surface area (Å²) in [7, 11) is 0. The van der Waals surface area contributed by atoms with E-state index in [-0.39, 0.29) is 6.61 Å². The van der Waals surface area contributed by atoms with Gasteiger partial charge in [-0.15, -0.1) is 0 Å². The van der Waals surface area contributed by atoms with Gasteiger partial charge in [-0.05, 0) is 12.2 Å². The number of halogens is 1. The minimum atomic E-state index is -0.547. The first kappa shape index (κ1) is 10.8. The predicted molar refractivity (Wildman–Crippen MR) is 48.4 cm³/mol. The van der Waals surface area contributed by atoms with Crippen molar-refractivity contribution in [1.82, 2.24) is 0 Å². The number of carbonyl (C=O) groups excluding carboxylic acids is 1. The van der Waals surface area contributed by atoms with Crippen molar-refractivity contribution in [3.63, 3.8) is 0 Å². The number of allylic oxidation sites excluding steroid dienone is 3. The first-order valence-electron chi connectivity index (χ1n) is 3.15. The van der Waals surface area contributed by atoms with E-state index in [1.165, 1.54) is 12.2 Å². The molecule has 0 bridgehead atoms. The summed E-state index contributed by atoms with van der Waals surface area (Å²) >= 11 is 5.41. The second-order valence-corrected chi connectivity index (χ2v) is 2.49. The van der Waals surface area contributed by atoms with Gasteiger partial charge in [0.1, 0.15) is 5.76 Å². The molecular weight excluding hydrogens is 178 g/mol. The molecule has 0 radical (unpaired) electrons. The highest BCUT2D eigenvalue weighted by molar-refractivity contribution is 6.30. The van der Waals surface area contributed by atoms with Crippen LogP contribution in [0.2, 0.25) is 0 Å². The SMILES string of the molecule is C=C(Cl)/C=C\C(=C)OCC(N)=O. The Bertz CT molecular complexity index is 233. The smallest absolute Gasteiger partial charge is 0.255 e. The van der Waals surface area contributed by atoms with Gasteiger partial charge in [0.25, 0.3) is 5.91 Å². The van der Waals surface area contributed by atoms with Gasteiger partial charge in [-0.25, -0.2) is 0 Å². The third kappa shape index (κ3) is 6.89. The van der Waals surface area contributed by atoms with Gasteiger partial charge in [0, 0.05) is 5.03 Å². The maximum atomic E-state index is 10.2. The predicted octanol–water partition coefficient (Wildman–Crippen LogP) is 1.31. The summed E-state index contributed by atoms with van der Waals surface area (Å²) < 4.78 is 4.80. The van der Waals surface area contributed by atoms with Crippen LogP contribution in [0, 0.1) is 0 Å². The zero-order valence-electron chi connectivity index (χ0n) is 6.55. The fraction of sp³-hybridized carbons (Fsp3) is 0.125. The zero-order chi connectivity index (χ0) is 9.56. The van der Waals surface area contributed by atoms with E-state index in [0.29, 0.717) is 10.8 Å². The first-order valence-corrected chi connectivity index (χ1v) is 3.52. The highest BCUT2D eigenvalue weighted by atomic mass is 35.5. The Morgan fingerprint density at radius 1 is 1.50 bits per heavy atom. The van der Waals surface area contributed by atoms with E-state index >= 15 is 0 Å². The lowest BCUT2D eigenvalue weighted by Crippen LogP contribution is -2.17. The minimum Gasteiger partial charge on any atom is -0.484 e. The van der Waals surface area contributed by atoms with E-state index in [9.17, 15) is 4.79 Å². The number of hydrogen-bond donors (Lipinski definition) is 1. The van der Waals surface area contributed by atoms with Crippen molar-refractivity contribution < 1.29 is 9.53 Å². The third-order valence-corrected chi connectivity index (χ3v) is 0.976. The van der Waals surface area contributed by atoms with Crippen LogP contribution in [0.25, 0.3) is 0 Å². The van der Waals surface area contributed by atoms with Crippen LogP contribution >= 0.6 is 11.6 Å². The van der Waals surface area contributed by atoms with Crippen LogP contribution in [0.15, 0.2) is 36.1 Å². The summed E-state index contributed by atoms with van der Waals surface area (Å²) in [5.74, 6) is -0.232. The molecular formula is C8H10ClNO2. The van der Waals surface area contributed by atoms with Gasteiger partial charge in [-0.3, -0.25) is 4.79 Å². The van der Waals surface area contributed by atoms with Crippen LogP contribution < -0.4 is 5.73 Å². The van der Waals surface area contributed by atoms with Crippen LogP contribution in [0.5, 0.6) is 0 Å². The second-order valence-electron chi connectivity index (χ2n) is 2.00. The number of carbonyl (C=O) groups is 1. The quantitative estimate of drug-likeness (QED) is 0.521. The molecule has 4 heteroatoms. The molecule has 0 aromatic rings. The second kappa shape index (κ2) is 5.43. The van der Waals surface area contributed by atoms with E-state index in [1.807, 2.05) is 0 Å². The lowest BCUT2D eigenvalue weighted by atomic mass is 10.4. The Morgan fingerprint density at radius 3 is 2.50 bits per heavy atom. The number of nitrogens with two attached hydrogens (primary N) is 1. The third-order valence-electron chi connectivity index (χ3n) is 0.850. The number of amides is 1. The van der Waals surface area contributed by atoms with Gasteiger partial charge in [0.05, 0.1) is 0 Å². The summed E-state index contributed by atoms with van der Waals surface area (Å²) in [6, 6.07) is 0. The van der Waals surface area contributed by atoms with Crippen molar-refractivity contribution in [3.8, 4) is 0 Å². The average molecular weight is 188 g/mol. The van der Waals surface area contributed by atoms with E-state index in [4.69, 9.17) is 22.1 Å². The van der Waals surface area contributed by atoms with E-state index < -0.39 is 5.91 Å². The van der Waals surface area contributed by atoms with E-state index in [0.717, 1.165) is 0 Å². The monoisotopic (exact) mass is 187 g/mol. The molecule has 0 aliphatic rings. The Hall–Kier alpha value is -1.22. The molecule has 0 aromatic carbocycles. The van der Waals surface area contributed by atoms with Crippen molar-refractivity contribution in [2.45, 2.75) is 0 Å². The molecule has 0 spiro atoms.